The van der Waals surface area contributed by atoms with E-state index in [9.17, 15) is 0 Å². The maximum Gasteiger partial charge on any atom is 0.106 e. The molecular weight excluding hydrogens is 320 g/mol. The summed E-state index contributed by atoms with van der Waals surface area (Å²) < 4.78 is 12.1. The summed E-state index contributed by atoms with van der Waals surface area (Å²) in [6.45, 7) is 5.76. The van der Waals surface area contributed by atoms with Gasteiger partial charge in [0.25, 0.3) is 0 Å². The quantitative estimate of drug-likeness (QED) is 0.506. The van der Waals surface area contributed by atoms with Crippen LogP contribution in [0.2, 0.25) is 0 Å². The highest BCUT2D eigenvalue weighted by atomic mass is 16.6. The van der Waals surface area contributed by atoms with Crippen LogP contribution in [0.4, 0.5) is 0 Å². The maximum absolute atomic E-state index is 6.09. The van der Waals surface area contributed by atoms with Crippen LogP contribution in [0.15, 0.2) is 48.5 Å². The molecule has 0 aliphatic carbocycles. The Hall–Kier alpha value is -1.64. The molecule has 0 bridgehead atoms. The first kappa shape index (κ1) is 19.1. The summed E-state index contributed by atoms with van der Waals surface area (Å²) in [5.74, 6) is 0. The number of hydrogen-bond acceptors (Lipinski definition) is 2. The van der Waals surface area contributed by atoms with E-state index in [0.29, 0.717) is 6.61 Å². The van der Waals surface area contributed by atoms with Gasteiger partial charge in [-0.05, 0) is 30.0 Å². The van der Waals surface area contributed by atoms with E-state index < -0.39 is 0 Å². The number of rotatable bonds is 8. The molecule has 140 valence electrons. The van der Waals surface area contributed by atoms with Gasteiger partial charge >= 0.3 is 0 Å². The Balaban J connectivity index is 1.46. The molecule has 2 atom stereocenters. The Morgan fingerprint density at radius 1 is 0.769 bits per heavy atom. The Morgan fingerprint density at radius 3 is 2.04 bits per heavy atom. The lowest BCUT2D eigenvalue weighted by atomic mass is 10.0. The van der Waals surface area contributed by atoms with Crippen LogP contribution in [0.25, 0.3) is 11.1 Å². The van der Waals surface area contributed by atoms with Gasteiger partial charge in [-0.2, -0.15) is 0 Å². The van der Waals surface area contributed by atoms with Gasteiger partial charge in [0.15, 0.2) is 0 Å². The highest BCUT2D eigenvalue weighted by Gasteiger charge is 2.23. The third-order valence-electron chi connectivity index (χ3n) is 5.26. The van der Waals surface area contributed by atoms with Crippen LogP contribution in [0, 0.1) is 6.92 Å². The van der Waals surface area contributed by atoms with Crippen molar-refractivity contribution in [3.8, 4) is 11.1 Å². The van der Waals surface area contributed by atoms with Gasteiger partial charge in [-0.15, -0.1) is 0 Å². The molecule has 3 rings (SSSR count). The molecule has 0 radical (unpaired) electrons. The van der Waals surface area contributed by atoms with E-state index in [2.05, 4.69) is 62.4 Å². The first-order valence-electron chi connectivity index (χ1n) is 10.2. The van der Waals surface area contributed by atoms with E-state index in [-0.39, 0.29) is 12.2 Å². The third-order valence-corrected chi connectivity index (χ3v) is 5.26. The molecule has 0 spiro atoms. The van der Waals surface area contributed by atoms with Crippen LogP contribution < -0.4 is 0 Å². The molecule has 1 fully saturated rings. The normalized spacial score (nSPS) is 20.2. The number of hydrogen-bond donors (Lipinski definition) is 0. The van der Waals surface area contributed by atoms with Crippen LogP contribution in [0.5, 0.6) is 0 Å². The fraction of sp³-hybridized carbons (Fsp3) is 0.500. The zero-order valence-corrected chi connectivity index (χ0v) is 16.2. The van der Waals surface area contributed by atoms with Crippen LogP contribution in [0.3, 0.4) is 0 Å². The number of benzene rings is 2. The van der Waals surface area contributed by atoms with Crippen molar-refractivity contribution in [1.29, 1.82) is 0 Å². The van der Waals surface area contributed by atoms with E-state index in [0.717, 1.165) is 13.0 Å². The van der Waals surface area contributed by atoms with Gasteiger partial charge in [-0.3, -0.25) is 0 Å². The van der Waals surface area contributed by atoms with Gasteiger partial charge in [0.2, 0.25) is 0 Å². The fourth-order valence-corrected chi connectivity index (χ4v) is 3.51. The van der Waals surface area contributed by atoms with Gasteiger partial charge in [-0.1, -0.05) is 93.1 Å². The highest BCUT2D eigenvalue weighted by Crippen LogP contribution is 2.27. The van der Waals surface area contributed by atoms with Crippen molar-refractivity contribution in [3.05, 3.63) is 59.7 Å². The topological polar surface area (TPSA) is 18.5 Å². The van der Waals surface area contributed by atoms with Crippen molar-refractivity contribution >= 4 is 0 Å². The maximum atomic E-state index is 6.09. The summed E-state index contributed by atoms with van der Waals surface area (Å²) in [6.07, 6.45) is 8.04. The van der Waals surface area contributed by atoms with Crippen LogP contribution in [-0.4, -0.2) is 19.3 Å². The summed E-state index contributed by atoms with van der Waals surface area (Å²) in [6, 6.07) is 17.4. The van der Waals surface area contributed by atoms with Gasteiger partial charge in [0.05, 0.1) is 19.3 Å². The van der Waals surface area contributed by atoms with Gasteiger partial charge in [0, 0.05) is 0 Å². The lowest BCUT2D eigenvalue weighted by Crippen LogP contribution is -2.31. The summed E-state index contributed by atoms with van der Waals surface area (Å²) in [5.41, 5.74) is 5.00. The lowest BCUT2D eigenvalue weighted by molar-refractivity contribution is -0.137. The second-order valence-electron chi connectivity index (χ2n) is 7.47. The smallest absolute Gasteiger partial charge is 0.106 e. The summed E-state index contributed by atoms with van der Waals surface area (Å²) in [5, 5.41) is 0. The lowest BCUT2D eigenvalue weighted by Gasteiger charge is -2.30. The Kier molecular flexibility index (Phi) is 7.28. The molecule has 2 heteroatoms. The Labute approximate surface area is 158 Å². The molecule has 0 N–H and O–H groups in total. The van der Waals surface area contributed by atoms with Crippen molar-refractivity contribution in [2.45, 2.75) is 64.6 Å². The molecular formula is C24H32O2. The molecule has 1 aliphatic rings. The monoisotopic (exact) mass is 352 g/mol. The van der Waals surface area contributed by atoms with Crippen molar-refractivity contribution in [3.63, 3.8) is 0 Å². The molecule has 0 amide bonds. The van der Waals surface area contributed by atoms with E-state index in [4.69, 9.17) is 9.47 Å². The number of aryl methyl sites for hydroxylation is 1. The largest absolute Gasteiger partial charge is 0.373 e. The van der Waals surface area contributed by atoms with Crippen molar-refractivity contribution in [2.24, 2.45) is 0 Å². The molecule has 0 aromatic heterocycles. The summed E-state index contributed by atoms with van der Waals surface area (Å²) in [4.78, 5) is 0. The molecule has 2 aromatic rings. The third kappa shape index (κ3) is 5.43. The predicted octanol–water partition coefficient (Wildman–Crippen LogP) is 6.48. The van der Waals surface area contributed by atoms with Crippen molar-refractivity contribution in [1.82, 2.24) is 0 Å². The van der Waals surface area contributed by atoms with Crippen molar-refractivity contribution < 1.29 is 9.47 Å². The van der Waals surface area contributed by atoms with E-state index >= 15 is 0 Å². The second-order valence-corrected chi connectivity index (χ2v) is 7.47. The SMILES string of the molecule is CCCCCCC[C@H]1CO[C@H](c2ccc(-c3ccc(C)cc3)cc2)CO1. The minimum atomic E-state index is 0.0680. The first-order valence-corrected chi connectivity index (χ1v) is 10.2. The minimum absolute atomic E-state index is 0.0680. The average Bonchev–Trinajstić information content (AvgIpc) is 2.69. The summed E-state index contributed by atoms with van der Waals surface area (Å²) >= 11 is 0. The van der Waals surface area contributed by atoms with E-state index in [1.54, 1.807) is 0 Å². The van der Waals surface area contributed by atoms with Gasteiger partial charge < -0.3 is 9.47 Å². The number of unbranched alkanes of at least 4 members (excludes halogenated alkanes) is 4. The molecule has 2 nitrogen and oxygen atoms in total. The summed E-state index contributed by atoms with van der Waals surface area (Å²) in [7, 11) is 0. The van der Waals surface area contributed by atoms with Gasteiger partial charge in [0.1, 0.15) is 6.10 Å². The molecule has 0 saturated carbocycles. The van der Waals surface area contributed by atoms with Crippen LogP contribution >= 0.6 is 0 Å². The molecule has 1 heterocycles. The zero-order valence-electron chi connectivity index (χ0n) is 16.2. The molecule has 0 unspecified atom stereocenters. The van der Waals surface area contributed by atoms with Crippen LogP contribution in [-0.2, 0) is 9.47 Å². The van der Waals surface area contributed by atoms with Gasteiger partial charge in [-0.25, -0.2) is 0 Å². The Morgan fingerprint density at radius 2 is 1.42 bits per heavy atom. The minimum Gasteiger partial charge on any atom is -0.373 e. The molecule has 1 aliphatic heterocycles. The van der Waals surface area contributed by atoms with E-state index in [1.165, 1.54) is 54.4 Å². The highest BCUT2D eigenvalue weighted by molar-refractivity contribution is 5.64. The molecule has 1 saturated heterocycles. The van der Waals surface area contributed by atoms with E-state index in [1.807, 2.05) is 0 Å². The molecule has 26 heavy (non-hydrogen) atoms. The van der Waals surface area contributed by atoms with Crippen LogP contribution in [0.1, 0.15) is 62.7 Å². The Bertz CT molecular complexity index is 637. The number of ether oxygens (including phenoxy) is 2. The fourth-order valence-electron chi connectivity index (χ4n) is 3.51. The molecule has 2 aromatic carbocycles. The predicted molar refractivity (Wildman–Crippen MR) is 108 cm³/mol. The standard InChI is InChI=1S/C24H32O2/c1-3-4-5-6-7-8-23-17-26-24(18-25-23)22-15-13-21(14-16-22)20-11-9-19(2)10-12-20/h9-16,23-24H,3-8,17-18H2,1-2H3/t23-,24-/m0/s1. The van der Waals surface area contributed by atoms with Crippen molar-refractivity contribution in [2.75, 3.05) is 13.2 Å². The first-order chi connectivity index (χ1) is 12.8. The second kappa shape index (κ2) is 9.89. The average molecular weight is 353 g/mol. The zero-order chi connectivity index (χ0) is 18.2.